The summed E-state index contributed by atoms with van der Waals surface area (Å²) >= 11 is 0. The van der Waals surface area contributed by atoms with E-state index in [2.05, 4.69) is 0 Å². The molecule has 21 heavy (non-hydrogen) atoms. The Morgan fingerprint density at radius 3 is 2.43 bits per heavy atom. The van der Waals surface area contributed by atoms with Crippen LogP contribution in [0.3, 0.4) is 0 Å². The standard InChI is InChI=1S/C16H15FN2O2/c1-21-11-8-6-10(7-9-11)19-15(14(18)16(19)20)12-4-2-3-5-13(12)17/h2-9,14-15H,18H2,1H3/t14-,15-/m0/s1. The largest absolute Gasteiger partial charge is 0.497 e. The fourth-order valence-corrected chi connectivity index (χ4v) is 2.59. The maximum Gasteiger partial charge on any atom is 0.247 e. The molecule has 0 bridgehead atoms. The number of benzene rings is 2. The molecule has 0 saturated carbocycles. The van der Waals surface area contributed by atoms with Crippen molar-refractivity contribution < 1.29 is 13.9 Å². The molecule has 1 heterocycles. The highest BCUT2D eigenvalue weighted by Crippen LogP contribution is 2.39. The fourth-order valence-electron chi connectivity index (χ4n) is 2.59. The average Bonchev–Trinajstić information content (AvgIpc) is 2.53. The molecule has 2 aromatic carbocycles. The Bertz CT molecular complexity index is 672. The zero-order chi connectivity index (χ0) is 15.0. The smallest absolute Gasteiger partial charge is 0.247 e. The summed E-state index contributed by atoms with van der Waals surface area (Å²) in [5.41, 5.74) is 6.98. The maximum absolute atomic E-state index is 14.0. The molecule has 5 heteroatoms. The van der Waals surface area contributed by atoms with Crippen LogP contribution in [0.25, 0.3) is 0 Å². The third-order valence-electron chi connectivity index (χ3n) is 3.72. The third kappa shape index (κ3) is 2.15. The Hall–Kier alpha value is -2.40. The SMILES string of the molecule is COc1ccc(N2C(=O)[C@@H](N)[C@@H]2c2ccccc2F)cc1. The normalized spacial score (nSPS) is 21.1. The van der Waals surface area contributed by atoms with Crippen molar-refractivity contribution in [1.82, 2.24) is 0 Å². The van der Waals surface area contributed by atoms with Gasteiger partial charge in [0.15, 0.2) is 0 Å². The molecule has 0 spiro atoms. The molecule has 0 unspecified atom stereocenters. The maximum atomic E-state index is 14.0. The minimum Gasteiger partial charge on any atom is -0.497 e. The number of hydrogen-bond donors (Lipinski definition) is 1. The summed E-state index contributed by atoms with van der Waals surface area (Å²) in [5, 5.41) is 0. The number of carbonyl (C=O) groups is 1. The Balaban J connectivity index is 1.96. The van der Waals surface area contributed by atoms with E-state index < -0.39 is 12.1 Å². The van der Waals surface area contributed by atoms with Gasteiger partial charge >= 0.3 is 0 Å². The van der Waals surface area contributed by atoms with Crippen LogP contribution in [0.5, 0.6) is 5.75 Å². The van der Waals surface area contributed by atoms with E-state index in [4.69, 9.17) is 10.5 Å². The summed E-state index contributed by atoms with van der Waals surface area (Å²) < 4.78 is 19.0. The van der Waals surface area contributed by atoms with E-state index in [1.54, 1.807) is 49.6 Å². The Kier molecular flexibility index (Phi) is 3.35. The molecule has 0 aliphatic carbocycles. The number of nitrogens with two attached hydrogens (primary N) is 1. The molecule has 1 aliphatic heterocycles. The van der Waals surface area contributed by atoms with Crippen LogP contribution in [0, 0.1) is 5.82 Å². The second-order valence-corrected chi connectivity index (χ2v) is 4.90. The molecule has 0 aromatic heterocycles. The molecule has 1 amide bonds. The van der Waals surface area contributed by atoms with Gasteiger partial charge in [-0.2, -0.15) is 0 Å². The topological polar surface area (TPSA) is 55.6 Å². The zero-order valence-electron chi connectivity index (χ0n) is 11.5. The van der Waals surface area contributed by atoms with Crippen LogP contribution in [-0.4, -0.2) is 19.1 Å². The van der Waals surface area contributed by atoms with Gasteiger partial charge in [0, 0.05) is 11.3 Å². The molecule has 2 aromatic rings. The van der Waals surface area contributed by atoms with Crippen LogP contribution in [0.1, 0.15) is 11.6 Å². The molecular weight excluding hydrogens is 271 g/mol. The first-order valence-corrected chi connectivity index (χ1v) is 6.60. The predicted molar refractivity (Wildman–Crippen MR) is 77.6 cm³/mol. The van der Waals surface area contributed by atoms with Crippen molar-refractivity contribution in [3.8, 4) is 5.75 Å². The van der Waals surface area contributed by atoms with E-state index in [1.165, 1.54) is 11.0 Å². The van der Waals surface area contributed by atoms with Gasteiger partial charge in [-0.05, 0) is 30.3 Å². The number of nitrogens with zero attached hydrogens (tertiary/aromatic N) is 1. The highest BCUT2D eigenvalue weighted by Gasteiger charge is 2.47. The van der Waals surface area contributed by atoms with E-state index in [1.807, 2.05) is 0 Å². The summed E-state index contributed by atoms with van der Waals surface area (Å²) in [6, 6.07) is 12.2. The van der Waals surface area contributed by atoms with Crippen molar-refractivity contribution in [2.75, 3.05) is 12.0 Å². The molecule has 108 valence electrons. The predicted octanol–water partition coefficient (Wildman–Crippen LogP) is 2.25. The van der Waals surface area contributed by atoms with Gasteiger partial charge in [-0.3, -0.25) is 4.79 Å². The molecule has 1 aliphatic rings. The van der Waals surface area contributed by atoms with Gasteiger partial charge in [0.25, 0.3) is 0 Å². The summed E-state index contributed by atoms with van der Waals surface area (Å²) in [5.74, 6) is 0.121. The number of β-lactam (4-membered cyclic amide) rings is 1. The fraction of sp³-hybridized carbons (Fsp3) is 0.188. The molecule has 1 fully saturated rings. The number of halogens is 1. The van der Waals surface area contributed by atoms with Crippen molar-refractivity contribution in [1.29, 1.82) is 0 Å². The molecular formula is C16H15FN2O2. The van der Waals surface area contributed by atoms with Crippen molar-refractivity contribution in [3.63, 3.8) is 0 Å². The van der Waals surface area contributed by atoms with E-state index in [9.17, 15) is 9.18 Å². The van der Waals surface area contributed by atoms with Crippen LogP contribution >= 0.6 is 0 Å². The summed E-state index contributed by atoms with van der Waals surface area (Å²) in [4.78, 5) is 13.6. The second kappa shape index (κ2) is 5.18. The first-order valence-electron chi connectivity index (χ1n) is 6.60. The average molecular weight is 286 g/mol. The van der Waals surface area contributed by atoms with E-state index in [0.717, 1.165) is 0 Å². The molecule has 4 nitrogen and oxygen atoms in total. The Morgan fingerprint density at radius 2 is 1.81 bits per heavy atom. The number of ether oxygens (including phenoxy) is 1. The van der Waals surface area contributed by atoms with Crippen LogP contribution < -0.4 is 15.4 Å². The first-order chi connectivity index (χ1) is 10.1. The lowest BCUT2D eigenvalue weighted by Gasteiger charge is -2.45. The number of hydrogen-bond acceptors (Lipinski definition) is 3. The third-order valence-corrected chi connectivity index (χ3v) is 3.72. The van der Waals surface area contributed by atoms with Gasteiger partial charge in [-0.25, -0.2) is 4.39 Å². The van der Waals surface area contributed by atoms with Crippen molar-refractivity contribution in [2.24, 2.45) is 5.73 Å². The quantitative estimate of drug-likeness (QED) is 0.880. The molecule has 2 N–H and O–H groups in total. The number of rotatable bonds is 3. The molecule has 3 rings (SSSR count). The Morgan fingerprint density at radius 1 is 1.14 bits per heavy atom. The zero-order valence-corrected chi connectivity index (χ0v) is 11.5. The lowest BCUT2D eigenvalue weighted by molar-refractivity contribution is -0.126. The number of methoxy groups -OCH3 is 1. The lowest BCUT2D eigenvalue weighted by atomic mass is 9.88. The molecule has 0 radical (unpaired) electrons. The summed E-state index contributed by atoms with van der Waals surface area (Å²) in [6.45, 7) is 0. The summed E-state index contributed by atoms with van der Waals surface area (Å²) in [6.07, 6.45) is 0. The first kappa shape index (κ1) is 13.6. The second-order valence-electron chi connectivity index (χ2n) is 4.90. The van der Waals surface area contributed by atoms with Crippen molar-refractivity contribution in [3.05, 3.63) is 59.9 Å². The Labute approximate surface area is 121 Å². The van der Waals surface area contributed by atoms with Crippen molar-refractivity contribution in [2.45, 2.75) is 12.1 Å². The highest BCUT2D eigenvalue weighted by atomic mass is 19.1. The van der Waals surface area contributed by atoms with Crippen molar-refractivity contribution >= 4 is 11.6 Å². The molecule has 2 atom stereocenters. The number of amides is 1. The minimum absolute atomic E-state index is 0.214. The minimum atomic E-state index is -0.719. The van der Waals surface area contributed by atoms with Gasteiger partial charge in [-0.1, -0.05) is 18.2 Å². The van der Waals surface area contributed by atoms with Crippen LogP contribution in [-0.2, 0) is 4.79 Å². The summed E-state index contributed by atoms with van der Waals surface area (Å²) in [7, 11) is 1.57. The van der Waals surface area contributed by atoms with Gasteiger partial charge < -0.3 is 15.4 Å². The number of carbonyl (C=O) groups excluding carboxylic acids is 1. The van der Waals surface area contributed by atoms with Crippen LogP contribution in [0.2, 0.25) is 0 Å². The van der Waals surface area contributed by atoms with E-state index in [-0.39, 0.29) is 11.7 Å². The molecule has 1 saturated heterocycles. The van der Waals surface area contributed by atoms with Gasteiger partial charge in [-0.15, -0.1) is 0 Å². The monoisotopic (exact) mass is 286 g/mol. The van der Waals surface area contributed by atoms with Gasteiger partial charge in [0.2, 0.25) is 5.91 Å². The van der Waals surface area contributed by atoms with Crippen LogP contribution in [0.15, 0.2) is 48.5 Å². The van der Waals surface area contributed by atoms with Crippen LogP contribution in [0.4, 0.5) is 10.1 Å². The lowest BCUT2D eigenvalue weighted by Crippen LogP contribution is -2.63. The van der Waals surface area contributed by atoms with Gasteiger partial charge in [0.1, 0.15) is 17.6 Å². The number of anilines is 1. The van der Waals surface area contributed by atoms with E-state index in [0.29, 0.717) is 17.0 Å². The highest BCUT2D eigenvalue weighted by molar-refractivity contribution is 6.05. The van der Waals surface area contributed by atoms with E-state index >= 15 is 0 Å². The van der Waals surface area contributed by atoms with Gasteiger partial charge in [0.05, 0.1) is 13.2 Å².